The minimum atomic E-state index is -0.939. The quantitative estimate of drug-likeness (QED) is 0.370. The first-order chi connectivity index (χ1) is 10.8. The van der Waals surface area contributed by atoms with Gasteiger partial charge in [0.25, 0.3) is 0 Å². The summed E-state index contributed by atoms with van der Waals surface area (Å²) in [5, 5.41) is 8.93. The van der Waals surface area contributed by atoms with Gasteiger partial charge in [0.05, 0.1) is 10.6 Å². The molecule has 0 atom stereocenters. The number of aromatic carboxylic acids is 1. The Hall–Kier alpha value is -2.24. The number of benzene rings is 2. The fourth-order valence-corrected chi connectivity index (χ4v) is 1.80. The van der Waals surface area contributed by atoms with Crippen LogP contribution in [-0.4, -0.2) is 17.0 Å². The van der Waals surface area contributed by atoms with Gasteiger partial charge >= 0.3 is 11.9 Å². The number of carbonyl (C=O) groups excluding carboxylic acids is 1. The van der Waals surface area contributed by atoms with E-state index >= 15 is 0 Å². The number of thiol groups is 1. The predicted octanol–water partition coefficient (Wildman–Crippen LogP) is 4.50. The van der Waals surface area contributed by atoms with Crippen LogP contribution < -0.4 is 4.74 Å². The van der Waals surface area contributed by atoms with Gasteiger partial charge in [-0.1, -0.05) is 42.4 Å². The van der Waals surface area contributed by atoms with Crippen molar-refractivity contribution in [3.63, 3.8) is 0 Å². The van der Waals surface area contributed by atoms with Gasteiger partial charge in [-0.3, -0.25) is 0 Å². The van der Waals surface area contributed by atoms with E-state index in [0.29, 0.717) is 21.2 Å². The van der Waals surface area contributed by atoms with Crippen LogP contribution in [0.4, 0.5) is 0 Å². The number of esters is 1. The van der Waals surface area contributed by atoms with Crippen molar-refractivity contribution < 1.29 is 19.4 Å². The van der Waals surface area contributed by atoms with Gasteiger partial charge in [-0.25, -0.2) is 9.59 Å². The maximum absolute atomic E-state index is 11.1. The van der Waals surface area contributed by atoms with E-state index in [4.69, 9.17) is 21.4 Å². The molecule has 0 unspecified atom stereocenters. The summed E-state index contributed by atoms with van der Waals surface area (Å²) in [6, 6.07) is 13.4. The minimum absolute atomic E-state index is 0.242. The Morgan fingerprint density at radius 3 is 2.17 bits per heavy atom. The molecule has 1 N–H and O–H groups in total. The van der Waals surface area contributed by atoms with Gasteiger partial charge in [0.1, 0.15) is 5.75 Å². The largest absolute Gasteiger partial charge is 0.478 e. The third-order valence-electron chi connectivity index (χ3n) is 2.52. The molecular formula is C17H15ClO4S. The zero-order chi connectivity index (χ0) is 17.4. The molecule has 0 spiro atoms. The Labute approximate surface area is 144 Å². The van der Waals surface area contributed by atoms with E-state index in [9.17, 15) is 9.59 Å². The van der Waals surface area contributed by atoms with Gasteiger partial charge in [-0.2, -0.15) is 0 Å². The van der Waals surface area contributed by atoms with Gasteiger partial charge in [0.15, 0.2) is 0 Å². The Morgan fingerprint density at radius 2 is 1.70 bits per heavy atom. The number of hydrogen-bond acceptors (Lipinski definition) is 4. The molecule has 0 aliphatic rings. The van der Waals surface area contributed by atoms with Gasteiger partial charge in [-0.15, -0.1) is 12.6 Å². The fourth-order valence-electron chi connectivity index (χ4n) is 1.37. The summed E-state index contributed by atoms with van der Waals surface area (Å²) < 4.78 is 4.94. The van der Waals surface area contributed by atoms with E-state index in [0.717, 1.165) is 0 Å². The topological polar surface area (TPSA) is 63.6 Å². The third kappa shape index (κ3) is 6.18. The zero-order valence-electron chi connectivity index (χ0n) is 12.3. The van der Waals surface area contributed by atoms with Crippen LogP contribution in [0, 0.1) is 0 Å². The molecule has 0 aliphatic heterocycles. The molecule has 0 bridgehead atoms. The van der Waals surface area contributed by atoms with Crippen molar-refractivity contribution in [1.82, 2.24) is 0 Å². The van der Waals surface area contributed by atoms with E-state index in [1.807, 2.05) is 0 Å². The smallest absolute Gasteiger partial charge is 0.338 e. The second-order valence-electron chi connectivity index (χ2n) is 4.42. The summed E-state index contributed by atoms with van der Waals surface area (Å²) in [7, 11) is 0. The monoisotopic (exact) mass is 350 g/mol. The molecule has 0 saturated carbocycles. The molecule has 0 aromatic heterocycles. The van der Waals surface area contributed by atoms with Crippen molar-refractivity contribution in [2.24, 2.45) is 0 Å². The molecule has 2 aromatic carbocycles. The second-order valence-corrected chi connectivity index (χ2v) is 5.31. The summed E-state index contributed by atoms with van der Waals surface area (Å²) in [5.74, 6) is -1.05. The summed E-state index contributed by atoms with van der Waals surface area (Å²) >= 11 is 9.72. The second kappa shape index (κ2) is 9.02. The molecule has 0 aliphatic carbocycles. The van der Waals surface area contributed by atoms with E-state index in [1.54, 1.807) is 49.4 Å². The number of rotatable bonds is 3. The van der Waals surface area contributed by atoms with Gasteiger partial charge < -0.3 is 9.84 Å². The molecule has 0 fully saturated rings. The highest BCUT2D eigenvalue weighted by Crippen LogP contribution is 2.23. The van der Waals surface area contributed by atoms with Gasteiger partial charge in [0.2, 0.25) is 0 Å². The van der Waals surface area contributed by atoms with Crippen LogP contribution in [0.1, 0.15) is 17.3 Å². The average Bonchev–Trinajstić information content (AvgIpc) is 2.50. The van der Waals surface area contributed by atoms with Gasteiger partial charge in [-0.05, 0) is 31.2 Å². The number of carboxylic acids is 1. The van der Waals surface area contributed by atoms with Crippen molar-refractivity contribution in [3.05, 3.63) is 71.3 Å². The zero-order valence-corrected chi connectivity index (χ0v) is 14.0. The van der Waals surface area contributed by atoms with E-state index < -0.39 is 11.9 Å². The van der Waals surface area contributed by atoms with E-state index in [1.165, 1.54) is 6.07 Å². The molecule has 0 radical (unpaired) electrons. The number of hydrogen-bond donors (Lipinski definition) is 2. The van der Waals surface area contributed by atoms with Crippen LogP contribution in [0.25, 0.3) is 0 Å². The van der Waals surface area contributed by atoms with Crippen LogP contribution in [0.15, 0.2) is 65.6 Å². The molecule has 0 amide bonds. The first-order valence-electron chi connectivity index (χ1n) is 6.46. The lowest BCUT2D eigenvalue weighted by atomic mass is 10.2. The number of para-hydroxylation sites is 1. The molecule has 120 valence electrons. The maximum Gasteiger partial charge on any atom is 0.338 e. The SMILES string of the molecule is C=C(C)C(=O)Oc1ccccc1Cl.O=C(O)c1ccccc1S. The Morgan fingerprint density at radius 1 is 1.13 bits per heavy atom. The van der Waals surface area contributed by atoms with Crippen molar-refractivity contribution >= 4 is 36.2 Å². The van der Waals surface area contributed by atoms with Crippen LogP contribution >= 0.6 is 24.2 Å². The highest BCUT2D eigenvalue weighted by molar-refractivity contribution is 7.80. The number of carbonyl (C=O) groups is 2. The Bertz CT molecular complexity index is 728. The van der Waals surface area contributed by atoms with Crippen LogP contribution in [0.5, 0.6) is 5.75 Å². The number of ether oxygens (including phenoxy) is 1. The average molecular weight is 351 g/mol. The molecular weight excluding hydrogens is 336 g/mol. The summed E-state index contributed by atoms with van der Waals surface area (Å²) in [4.78, 5) is 22.0. The Kier molecular flexibility index (Phi) is 7.38. The first kappa shape index (κ1) is 18.8. The van der Waals surface area contributed by atoms with Crippen LogP contribution in [0.3, 0.4) is 0 Å². The van der Waals surface area contributed by atoms with Crippen molar-refractivity contribution in [3.8, 4) is 5.75 Å². The maximum atomic E-state index is 11.1. The standard InChI is InChI=1S/C10H9ClO2.C7H6O2S/c1-7(2)10(12)13-9-6-4-3-5-8(9)11;8-7(9)5-3-1-2-4-6(5)10/h3-6H,1H2,2H3;1-4,10H,(H,8,9). The predicted molar refractivity (Wildman–Crippen MR) is 92.6 cm³/mol. The lowest BCUT2D eigenvalue weighted by Crippen LogP contribution is -2.08. The molecule has 4 nitrogen and oxygen atoms in total. The highest BCUT2D eigenvalue weighted by atomic mass is 35.5. The molecule has 2 rings (SSSR count). The summed E-state index contributed by atoms with van der Waals surface area (Å²) in [6.45, 7) is 5.05. The fraction of sp³-hybridized carbons (Fsp3) is 0.0588. The van der Waals surface area contributed by atoms with Crippen molar-refractivity contribution in [1.29, 1.82) is 0 Å². The highest BCUT2D eigenvalue weighted by Gasteiger charge is 2.07. The van der Waals surface area contributed by atoms with Crippen molar-refractivity contribution in [2.45, 2.75) is 11.8 Å². The lowest BCUT2D eigenvalue weighted by Gasteiger charge is -2.04. The first-order valence-corrected chi connectivity index (χ1v) is 7.29. The molecule has 23 heavy (non-hydrogen) atoms. The molecule has 0 saturated heterocycles. The van der Waals surface area contributed by atoms with Crippen LogP contribution in [-0.2, 0) is 4.79 Å². The number of carboxylic acid groups (broad SMARTS) is 1. The van der Waals surface area contributed by atoms with E-state index in [-0.39, 0.29) is 5.56 Å². The summed E-state index contributed by atoms with van der Waals surface area (Å²) in [6.07, 6.45) is 0. The van der Waals surface area contributed by atoms with E-state index in [2.05, 4.69) is 19.2 Å². The third-order valence-corrected chi connectivity index (χ3v) is 3.22. The Balaban J connectivity index is 0.000000238. The molecule has 6 heteroatoms. The van der Waals surface area contributed by atoms with Gasteiger partial charge in [0, 0.05) is 10.5 Å². The normalized spacial score (nSPS) is 9.35. The van der Waals surface area contributed by atoms with Crippen molar-refractivity contribution in [2.75, 3.05) is 0 Å². The minimum Gasteiger partial charge on any atom is -0.478 e. The molecule has 0 heterocycles. The number of halogens is 1. The summed E-state index contributed by atoms with van der Waals surface area (Å²) in [5.41, 5.74) is 0.589. The van der Waals surface area contributed by atoms with Crippen LogP contribution in [0.2, 0.25) is 5.02 Å². The molecule has 2 aromatic rings. The lowest BCUT2D eigenvalue weighted by molar-refractivity contribution is -0.130.